The Balaban J connectivity index is 2.24. The van der Waals surface area contributed by atoms with Crippen LogP contribution in [0.2, 0.25) is 10.0 Å². The second-order valence-electron chi connectivity index (χ2n) is 4.52. The van der Waals surface area contributed by atoms with Gasteiger partial charge >= 0.3 is 0 Å². The molecule has 102 valence electrons. The number of benzene rings is 1. The smallest absolute Gasteiger partial charge is 0.123 e. The zero-order chi connectivity index (χ0) is 13.8. The molecule has 1 unspecified atom stereocenters. The Morgan fingerprint density at radius 1 is 1.26 bits per heavy atom. The van der Waals surface area contributed by atoms with Crippen LogP contribution in [0.4, 0.5) is 0 Å². The molecule has 1 aromatic carbocycles. The Kier molecular flexibility index (Phi) is 4.92. The van der Waals surface area contributed by atoms with Gasteiger partial charge in [-0.1, -0.05) is 36.2 Å². The number of hydrogen-bond donors (Lipinski definition) is 1. The van der Waals surface area contributed by atoms with Crippen molar-refractivity contribution in [1.29, 1.82) is 0 Å². The molecule has 0 fully saturated rings. The van der Waals surface area contributed by atoms with Gasteiger partial charge in [-0.05, 0) is 49.2 Å². The van der Waals surface area contributed by atoms with Crippen LogP contribution in [0.1, 0.15) is 29.9 Å². The highest BCUT2D eigenvalue weighted by molar-refractivity contribution is 6.35. The highest BCUT2D eigenvalue weighted by Crippen LogP contribution is 2.27. The van der Waals surface area contributed by atoms with Crippen molar-refractivity contribution in [3.05, 3.63) is 57.5 Å². The summed E-state index contributed by atoms with van der Waals surface area (Å²) in [7, 11) is 0. The van der Waals surface area contributed by atoms with Crippen molar-refractivity contribution in [1.82, 2.24) is 5.32 Å². The Bertz CT molecular complexity index is 551. The van der Waals surface area contributed by atoms with Crippen LogP contribution < -0.4 is 5.32 Å². The molecule has 0 aliphatic carbocycles. The average molecular weight is 298 g/mol. The van der Waals surface area contributed by atoms with Gasteiger partial charge in [0, 0.05) is 10.0 Å². The second-order valence-corrected chi connectivity index (χ2v) is 5.36. The lowest BCUT2D eigenvalue weighted by atomic mass is 10.0. The fourth-order valence-electron chi connectivity index (χ4n) is 2.15. The molecule has 2 aromatic rings. The third-order valence-electron chi connectivity index (χ3n) is 3.11. The maximum atomic E-state index is 6.23. The lowest BCUT2D eigenvalue weighted by Crippen LogP contribution is -2.23. The van der Waals surface area contributed by atoms with Gasteiger partial charge in [0.1, 0.15) is 5.76 Å². The summed E-state index contributed by atoms with van der Waals surface area (Å²) in [6, 6.07) is 7.70. The summed E-state index contributed by atoms with van der Waals surface area (Å²) < 4.78 is 5.58. The Morgan fingerprint density at radius 2 is 2.05 bits per heavy atom. The van der Waals surface area contributed by atoms with Gasteiger partial charge in [0.25, 0.3) is 0 Å². The van der Waals surface area contributed by atoms with Crippen molar-refractivity contribution in [2.45, 2.75) is 26.3 Å². The van der Waals surface area contributed by atoms with Gasteiger partial charge in [-0.2, -0.15) is 0 Å². The Morgan fingerprint density at radius 3 is 2.63 bits per heavy atom. The normalized spacial score (nSPS) is 12.6. The van der Waals surface area contributed by atoms with E-state index in [4.69, 9.17) is 27.6 Å². The van der Waals surface area contributed by atoms with E-state index in [1.165, 1.54) is 0 Å². The van der Waals surface area contributed by atoms with Gasteiger partial charge < -0.3 is 9.73 Å². The maximum absolute atomic E-state index is 6.23. The van der Waals surface area contributed by atoms with Crippen LogP contribution in [0, 0.1) is 6.92 Å². The monoisotopic (exact) mass is 297 g/mol. The molecule has 1 aromatic heterocycles. The Hall–Kier alpha value is -0.960. The average Bonchev–Trinajstić information content (AvgIpc) is 2.78. The van der Waals surface area contributed by atoms with Gasteiger partial charge in [-0.15, -0.1) is 0 Å². The maximum Gasteiger partial charge on any atom is 0.123 e. The first-order valence-corrected chi connectivity index (χ1v) is 7.08. The minimum absolute atomic E-state index is 0.124. The first-order valence-electron chi connectivity index (χ1n) is 6.33. The summed E-state index contributed by atoms with van der Waals surface area (Å²) in [4.78, 5) is 0. The van der Waals surface area contributed by atoms with Crippen molar-refractivity contribution in [3.63, 3.8) is 0 Å². The van der Waals surface area contributed by atoms with Gasteiger partial charge in [-0.25, -0.2) is 0 Å². The molecule has 0 radical (unpaired) electrons. The number of likely N-dealkylation sites (N-methyl/N-ethyl adjacent to an activating group) is 1. The number of aryl methyl sites for hydroxylation is 1. The lowest BCUT2D eigenvalue weighted by molar-refractivity contribution is 0.414. The van der Waals surface area contributed by atoms with Crippen molar-refractivity contribution >= 4 is 23.2 Å². The largest absolute Gasteiger partial charge is 0.467 e. The number of rotatable bonds is 5. The summed E-state index contributed by atoms with van der Waals surface area (Å²) in [5, 5.41) is 4.78. The van der Waals surface area contributed by atoms with E-state index >= 15 is 0 Å². The van der Waals surface area contributed by atoms with E-state index in [0.29, 0.717) is 10.0 Å². The third-order valence-corrected chi connectivity index (χ3v) is 3.69. The van der Waals surface area contributed by atoms with Crippen LogP contribution in [0.25, 0.3) is 0 Å². The quantitative estimate of drug-likeness (QED) is 0.858. The second kappa shape index (κ2) is 6.47. The molecule has 0 saturated heterocycles. The molecule has 1 atom stereocenters. The van der Waals surface area contributed by atoms with Gasteiger partial charge in [0.15, 0.2) is 0 Å². The molecule has 1 heterocycles. The van der Waals surface area contributed by atoms with E-state index in [9.17, 15) is 0 Å². The minimum Gasteiger partial charge on any atom is -0.467 e. The summed E-state index contributed by atoms with van der Waals surface area (Å²) >= 11 is 12.2. The summed E-state index contributed by atoms with van der Waals surface area (Å²) in [6.07, 6.45) is 2.50. The third kappa shape index (κ3) is 3.53. The fraction of sp³-hybridized carbons (Fsp3) is 0.333. The molecule has 2 rings (SSSR count). The minimum atomic E-state index is 0.124. The predicted molar refractivity (Wildman–Crippen MR) is 80.0 cm³/mol. The standard InChI is InChI=1S/C15H17Cl2NO/c1-3-18-14(15-10(2)6-7-19-15)8-11-4-5-12(16)9-13(11)17/h4-7,9,14,18H,3,8H2,1-2H3. The summed E-state index contributed by atoms with van der Waals surface area (Å²) in [5.41, 5.74) is 2.21. The van der Waals surface area contributed by atoms with Gasteiger partial charge in [0.05, 0.1) is 12.3 Å². The van der Waals surface area contributed by atoms with Crippen LogP contribution >= 0.6 is 23.2 Å². The van der Waals surface area contributed by atoms with Crippen molar-refractivity contribution < 1.29 is 4.42 Å². The molecule has 2 nitrogen and oxygen atoms in total. The van der Waals surface area contributed by atoms with E-state index in [1.54, 1.807) is 12.3 Å². The van der Waals surface area contributed by atoms with Crippen LogP contribution in [-0.4, -0.2) is 6.54 Å². The molecule has 0 bridgehead atoms. The molecule has 1 N–H and O–H groups in total. The molecule has 4 heteroatoms. The zero-order valence-corrected chi connectivity index (χ0v) is 12.6. The summed E-state index contributed by atoms with van der Waals surface area (Å²) in [5.74, 6) is 0.966. The van der Waals surface area contributed by atoms with Gasteiger partial charge in [0.2, 0.25) is 0 Å². The molecule has 0 aliphatic rings. The zero-order valence-electron chi connectivity index (χ0n) is 11.0. The van der Waals surface area contributed by atoms with Crippen molar-refractivity contribution in [3.8, 4) is 0 Å². The number of furan rings is 1. The number of nitrogens with one attached hydrogen (secondary N) is 1. The molecular weight excluding hydrogens is 281 g/mol. The first-order chi connectivity index (χ1) is 9.11. The lowest BCUT2D eigenvalue weighted by Gasteiger charge is -2.17. The highest BCUT2D eigenvalue weighted by atomic mass is 35.5. The summed E-state index contributed by atoms with van der Waals surface area (Å²) in [6.45, 7) is 5.00. The molecule has 19 heavy (non-hydrogen) atoms. The van der Waals surface area contributed by atoms with E-state index in [-0.39, 0.29) is 6.04 Å². The highest BCUT2D eigenvalue weighted by Gasteiger charge is 2.18. The van der Waals surface area contributed by atoms with Crippen molar-refractivity contribution in [2.24, 2.45) is 0 Å². The van der Waals surface area contributed by atoms with Gasteiger partial charge in [-0.3, -0.25) is 0 Å². The molecular formula is C15H17Cl2NO. The fourth-order valence-corrected chi connectivity index (χ4v) is 2.64. The van der Waals surface area contributed by atoms with Crippen LogP contribution in [-0.2, 0) is 6.42 Å². The topological polar surface area (TPSA) is 25.2 Å². The Labute approximate surface area is 123 Å². The van der Waals surface area contributed by atoms with E-state index in [2.05, 4.69) is 12.2 Å². The molecule has 0 saturated carbocycles. The first kappa shape index (κ1) is 14.4. The van der Waals surface area contributed by atoms with E-state index in [1.807, 2.05) is 25.1 Å². The van der Waals surface area contributed by atoms with E-state index < -0.39 is 0 Å². The molecule has 0 aliphatic heterocycles. The predicted octanol–water partition coefficient (Wildman–Crippen LogP) is 4.79. The molecule has 0 spiro atoms. The number of halogens is 2. The molecule has 0 amide bonds. The van der Waals surface area contributed by atoms with E-state index in [0.717, 1.165) is 29.9 Å². The van der Waals surface area contributed by atoms with Crippen LogP contribution in [0.3, 0.4) is 0 Å². The SMILES string of the molecule is CCNC(Cc1ccc(Cl)cc1Cl)c1occc1C. The van der Waals surface area contributed by atoms with Crippen LogP contribution in [0.15, 0.2) is 34.9 Å². The van der Waals surface area contributed by atoms with Crippen LogP contribution in [0.5, 0.6) is 0 Å². The van der Waals surface area contributed by atoms with Crippen molar-refractivity contribution in [2.75, 3.05) is 6.54 Å². The number of hydrogen-bond acceptors (Lipinski definition) is 2.